The highest BCUT2D eigenvalue weighted by Gasteiger charge is 2.20. The normalized spacial score (nSPS) is 12.6. The number of carbonyl (C=O) groups is 1. The quantitative estimate of drug-likeness (QED) is 0.487. The van der Waals surface area contributed by atoms with E-state index in [9.17, 15) is 4.79 Å². The lowest BCUT2D eigenvalue weighted by molar-refractivity contribution is 0.104. The Kier molecular flexibility index (Phi) is 5.13. The van der Waals surface area contributed by atoms with E-state index in [1.807, 2.05) is 36.4 Å². The fraction of sp³-hybridized carbons (Fsp3) is 0.348. The van der Waals surface area contributed by atoms with Crippen molar-refractivity contribution in [2.75, 3.05) is 0 Å². The molecule has 0 saturated carbocycles. The monoisotopic (exact) mass is 320 g/mol. The smallest absolute Gasteiger partial charge is 0.185 e. The molecule has 0 spiro atoms. The Bertz CT molecular complexity index is 706. The third-order valence-electron chi connectivity index (χ3n) is 4.17. The number of allylic oxidation sites excluding steroid dienone is 1. The van der Waals surface area contributed by atoms with Gasteiger partial charge in [-0.25, -0.2) is 0 Å². The molecule has 0 radical (unpaired) electrons. The topological polar surface area (TPSA) is 17.1 Å². The molecule has 2 aromatic carbocycles. The van der Waals surface area contributed by atoms with Crippen molar-refractivity contribution < 1.29 is 4.79 Å². The molecule has 1 nitrogen and oxygen atoms in total. The first-order chi connectivity index (χ1) is 11.1. The maximum atomic E-state index is 12.3. The summed E-state index contributed by atoms with van der Waals surface area (Å²) in [6.45, 7) is 13.3. The highest BCUT2D eigenvalue weighted by atomic mass is 16.1. The molecule has 0 bridgehead atoms. The Hall–Kier alpha value is -2.15. The molecule has 0 aromatic heterocycles. The second-order valence-electron chi connectivity index (χ2n) is 8.41. The van der Waals surface area contributed by atoms with Gasteiger partial charge in [-0.05, 0) is 33.6 Å². The standard InChI is InChI=1S/C23H28O/c1-22(2,3)19-14-17(15-20(16-19)23(4,5)6)12-13-21(24)18-10-8-7-9-11-18/h7-16H,1-6H3. The van der Waals surface area contributed by atoms with E-state index >= 15 is 0 Å². The van der Waals surface area contributed by atoms with E-state index in [2.05, 4.69) is 59.7 Å². The van der Waals surface area contributed by atoms with Gasteiger partial charge in [-0.3, -0.25) is 4.79 Å². The molecule has 0 atom stereocenters. The number of rotatable bonds is 3. The first-order valence-corrected chi connectivity index (χ1v) is 8.51. The van der Waals surface area contributed by atoms with E-state index in [1.54, 1.807) is 6.08 Å². The number of carbonyl (C=O) groups excluding carboxylic acids is 1. The molecule has 0 unspecified atom stereocenters. The van der Waals surface area contributed by atoms with Gasteiger partial charge in [0.1, 0.15) is 0 Å². The van der Waals surface area contributed by atoms with Gasteiger partial charge in [0.2, 0.25) is 0 Å². The second-order valence-corrected chi connectivity index (χ2v) is 8.41. The van der Waals surface area contributed by atoms with Gasteiger partial charge in [0, 0.05) is 5.56 Å². The van der Waals surface area contributed by atoms with Crippen molar-refractivity contribution in [3.63, 3.8) is 0 Å². The van der Waals surface area contributed by atoms with Crippen LogP contribution in [0.4, 0.5) is 0 Å². The van der Waals surface area contributed by atoms with Crippen LogP contribution in [0.3, 0.4) is 0 Å². The highest BCUT2D eigenvalue weighted by molar-refractivity contribution is 6.06. The van der Waals surface area contributed by atoms with Crippen molar-refractivity contribution >= 4 is 11.9 Å². The first kappa shape index (κ1) is 18.2. The Morgan fingerprint density at radius 1 is 0.792 bits per heavy atom. The van der Waals surface area contributed by atoms with Gasteiger partial charge in [0.05, 0.1) is 0 Å². The minimum Gasteiger partial charge on any atom is -0.289 e. The van der Waals surface area contributed by atoms with Crippen LogP contribution < -0.4 is 0 Å². The summed E-state index contributed by atoms with van der Waals surface area (Å²) < 4.78 is 0. The van der Waals surface area contributed by atoms with Gasteiger partial charge < -0.3 is 0 Å². The molecular formula is C23H28O. The largest absolute Gasteiger partial charge is 0.289 e. The van der Waals surface area contributed by atoms with Crippen LogP contribution in [0.5, 0.6) is 0 Å². The van der Waals surface area contributed by atoms with Crippen LogP contribution in [0.2, 0.25) is 0 Å². The van der Waals surface area contributed by atoms with Crippen LogP contribution in [-0.4, -0.2) is 5.78 Å². The predicted octanol–water partition coefficient (Wildman–Crippen LogP) is 6.18. The Balaban J connectivity index is 2.39. The molecule has 0 fully saturated rings. The fourth-order valence-electron chi connectivity index (χ4n) is 2.48. The minimum atomic E-state index is 0.0362. The third-order valence-corrected chi connectivity index (χ3v) is 4.17. The summed E-state index contributed by atoms with van der Waals surface area (Å²) in [7, 11) is 0. The summed E-state index contributed by atoms with van der Waals surface area (Å²) >= 11 is 0. The molecule has 0 heterocycles. The molecule has 0 saturated heterocycles. The van der Waals surface area contributed by atoms with Gasteiger partial charge >= 0.3 is 0 Å². The molecule has 24 heavy (non-hydrogen) atoms. The lowest BCUT2D eigenvalue weighted by atomic mass is 9.79. The van der Waals surface area contributed by atoms with Crippen LogP contribution >= 0.6 is 0 Å². The number of ketones is 1. The number of hydrogen-bond donors (Lipinski definition) is 0. The van der Waals surface area contributed by atoms with Crippen LogP contribution in [0.25, 0.3) is 6.08 Å². The zero-order valence-electron chi connectivity index (χ0n) is 15.7. The second kappa shape index (κ2) is 6.76. The summed E-state index contributed by atoms with van der Waals surface area (Å²) in [5, 5.41) is 0. The van der Waals surface area contributed by atoms with E-state index < -0.39 is 0 Å². The van der Waals surface area contributed by atoms with Gasteiger partial charge in [-0.1, -0.05) is 96.1 Å². The molecule has 126 valence electrons. The van der Waals surface area contributed by atoms with Crippen LogP contribution in [0, 0.1) is 0 Å². The molecule has 0 amide bonds. The lowest BCUT2D eigenvalue weighted by Crippen LogP contribution is -2.16. The third kappa shape index (κ3) is 4.67. The van der Waals surface area contributed by atoms with Crippen molar-refractivity contribution in [3.05, 3.63) is 76.9 Å². The summed E-state index contributed by atoms with van der Waals surface area (Å²) in [6, 6.07) is 16.0. The molecule has 0 aliphatic heterocycles. The predicted molar refractivity (Wildman–Crippen MR) is 104 cm³/mol. The number of hydrogen-bond acceptors (Lipinski definition) is 1. The SMILES string of the molecule is CC(C)(C)c1cc(C=CC(=O)c2ccccc2)cc(C(C)(C)C)c1. The minimum absolute atomic E-state index is 0.0362. The Morgan fingerprint density at radius 2 is 1.29 bits per heavy atom. The lowest BCUT2D eigenvalue weighted by Gasteiger charge is -2.25. The van der Waals surface area contributed by atoms with Crippen LogP contribution in [0.15, 0.2) is 54.6 Å². The zero-order valence-corrected chi connectivity index (χ0v) is 15.7. The van der Waals surface area contributed by atoms with Crippen molar-refractivity contribution in [1.29, 1.82) is 0 Å². The highest BCUT2D eigenvalue weighted by Crippen LogP contribution is 2.30. The fourth-order valence-corrected chi connectivity index (χ4v) is 2.48. The maximum Gasteiger partial charge on any atom is 0.185 e. The molecule has 1 heteroatoms. The molecular weight excluding hydrogens is 292 g/mol. The average molecular weight is 320 g/mol. The molecule has 0 N–H and O–H groups in total. The summed E-state index contributed by atoms with van der Waals surface area (Å²) in [4.78, 5) is 12.3. The van der Waals surface area contributed by atoms with Crippen molar-refractivity contribution in [3.8, 4) is 0 Å². The summed E-state index contributed by atoms with van der Waals surface area (Å²) in [5.74, 6) is 0.0362. The van der Waals surface area contributed by atoms with E-state index in [1.165, 1.54) is 11.1 Å². The molecule has 0 aliphatic rings. The van der Waals surface area contributed by atoms with E-state index in [0.717, 1.165) is 11.1 Å². The van der Waals surface area contributed by atoms with Crippen LogP contribution in [0.1, 0.15) is 68.6 Å². The Labute approximate surface area is 146 Å². The number of benzene rings is 2. The summed E-state index contributed by atoms with van der Waals surface area (Å²) in [5.41, 5.74) is 4.54. The average Bonchev–Trinajstić information content (AvgIpc) is 2.51. The molecule has 2 aromatic rings. The Morgan fingerprint density at radius 3 is 1.75 bits per heavy atom. The van der Waals surface area contributed by atoms with Gasteiger partial charge in [0.25, 0.3) is 0 Å². The van der Waals surface area contributed by atoms with Gasteiger partial charge in [-0.15, -0.1) is 0 Å². The van der Waals surface area contributed by atoms with Gasteiger partial charge in [-0.2, -0.15) is 0 Å². The summed E-state index contributed by atoms with van der Waals surface area (Å²) in [6.07, 6.45) is 3.60. The molecule has 2 rings (SSSR count). The zero-order chi connectivity index (χ0) is 18.0. The van der Waals surface area contributed by atoms with E-state index in [0.29, 0.717) is 0 Å². The first-order valence-electron chi connectivity index (χ1n) is 8.51. The maximum absolute atomic E-state index is 12.3. The van der Waals surface area contributed by atoms with E-state index in [-0.39, 0.29) is 16.6 Å². The van der Waals surface area contributed by atoms with Gasteiger partial charge in [0.15, 0.2) is 5.78 Å². The van der Waals surface area contributed by atoms with Crippen molar-refractivity contribution in [1.82, 2.24) is 0 Å². The van der Waals surface area contributed by atoms with Crippen molar-refractivity contribution in [2.24, 2.45) is 0 Å². The van der Waals surface area contributed by atoms with Crippen LogP contribution in [-0.2, 0) is 10.8 Å². The van der Waals surface area contributed by atoms with E-state index in [4.69, 9.17) is 0 Å². The van der Waals surface area contributed by atoms with Crippen molar-refractivity contribution in [2.45, 2.75) is 52.4 Å². The molecule has 0 aliphatic carbocycles.